The van der Waals surface area contributed by atoms with Crippen molar-refractivity contribution in [1.29, 1.82) is 0 Å². The number of aromatic nitrogens is 1. The van der Waals surface area contributed by atoms with Gasteiger partial charge in [0.25, 0.3) is 5.91 Å². The molecule has 0 bridgehead atoms. The van der Waals surface area contributed by atoms with Gasteiger partial charge in [-0.05, 0) is 34.0 Å². The fourth-order valence-corrected chi connectivity index (χ4v) is 1.39. The second-order valence-electron chi connectivity index (χ2n) is 3.33. The number of nitrogens with zero attached hydrogens (tertiary/aromatic N) is 1. The van der Waals surface area contributed by atoms with E-state index in [4.69, 9.17) is 0 Å². The quantitative estimate of drug-likeness (QED) is 0.859. The fraction of sp³-hybridized carbons (Fsp3) is 0.400. The summed E-state index contributed by atoms with van der Waals surface area (Å²) >= 11 is 6.63. The molecule has 0 aliphatic heterocycles. The Bertz CT molecular complexity index is 327. The first-order valence-corrected chi connectivity index (χ1v) is 6.50. The van der Waals surface area contributed by atoms with E-state index in [0.29, 0.717) is 18.2 Å². The van der Waals surface area contributed by atoms with Crippen LogP contribution in [0.1, 0.15) is 17.4 Å². The topological polar surface area (TPSA) is 42.0 Å². The molecule has 5 heteroatoms. The largest absolute Gasteiger partial charge is 0.350 e. The minimum Gasteiger partial charge on any atom is -0.350 e. The van der Waals surface area contributed by atoms with Gasteiger partial charge in [-0.1, -0.05) is 22.9 Å². The molecule has 1 aromatic rings. The summed E-state index contributed by atoms with van der Waals surface area (Å²) in [6, 6.07) is 3.49. The monoisotopic (exact) mass is 334 g/mol. The zero-order valence-electron chi connectivity index (χ0n) is 8.34. The van der Waals surface area contributed by atoms with Crippen LogP contribution in [0.3, 0.4) is 0 Å². The maximum Gasteiger partial charge on any atom is 0.269 e. The molecule has 3 nitrogen and oxygen atoms in total. The molecular weight excluding hydrogens is 324 g/mol. The number of carbonyl (C=O) groups is 1. The Morgan fingerprint density at radius 1 is 1.60 bits per heavy atom. The maximum atomic E-state index is 11.6. The molecule has 1 rings (SSSR count). The molecule has 0 aliphatic rings. The van der Waals surface area contributed by atoms with Gasteiger partial charge in [0.2, 0.25) is 0 Å². The summed E-state index contributed by atoms with van der Waals surface area (Å²) in [4.78, 5) is 15.6. The third-order valence-electron chi connectivity index (χ3n) is 1.83. The van der Waals surface area contributed by atoms with Crippen LogP contribution in [0.15, 0.2) is 22.8 Å². The molecular formula is C10H12Br2N2O. The SMILES string of the molecule is CC(CBr)CNC(=O)c1ccc(Br)cn1. The third kappa shape index (κ3) is 4.30. The summed E-state index contributed by atoms with van der Waals surface area (Å²) in [5, 5.41) is 3.70. The molecule has 0 spiro atoms. The van der Waals surface area contributed by atoms with Gasteiger partial charge in [-0.3, -0.25) is 4.79 Å². The summed E-state index contributed by atoms with van der Waals surface area (Å²) in [6.45, 7) is 2.71. The number of rotatable bonds is 4. The summed E-state index contributed by atoms with van der Waals surface area (Å²) in [5.74, 6) is 0.291. The highest BCUT2D eigenvalue weighted by atomic mass is 79.9. The first kappa shape index (κ1) is 12.6. The van der Waals surface area contributed by atoms with Crippen LogP contribution in [0, 0.1) is 5.92 Å². The molecule has 1 N–H and O–H groups in total. The van der Waals surface area contributed by atoms with E-state index in [-0.39, 0.29) is 5.91 Å². The molecule has 0 fully saturated rings. The van der Waals surface area contributed by atoms with Crippen molar-refractivity contribution in [2.24, 2.45) is 5.92 Å². The minimum atomic E-state index is -0.129. The van der Waals surface area contributed by atoms with Crippen LogP contribution in [-0.4, -0.2) is 22.8 Å². The molecule has 15 heavy (non-hydrogen) atoms. The van der Waals surface area contributed by atoms with Crippen molar-refractivity contribution in [3.63, 3.8) is 0 Å². The lowest BCUT2D eigenvalue weighted by atomic mass is 10.2. The van der Waals surface area contributed by atoms with Crippen LogP contribution >= 0.6 is 31.9 Å². The first-order valence-electron chi connectivity index (χ1n) is 4.59. The van der Waals surface area contributed by atoms with Gasteiger partial charge in [-0.25, -0.2) is 4.98 Å². The van der Waals surface area contributed by atoms with Gasteiger partial charge in [0.05, 0.1) is 0 Å². The van der Waals surface area contributed by atoms with Crippen molar-refractivity contribution < 1.29 is 4.79 Å². The summed E-state index contributed by atoms with van der Waals surface area (Å²) in [7, 11) is 0. The number of pyridine rings is 1. The Kier molecular flexibility index (Phi) is 5.25. The van der Waals surface area contributed by atoms with E-state index in [1.807, 2.05) is 0 Å². The molecule has 0 saturated carbocycles. The standard InChI is InChI=1S/C10H12Br2N2O/c1-7(4-11)5-14-10(15)9-3-2-8(12)6-13-9/h2-3,6-7H,4-5H2,1H3,(H,14,15). The lowest BCUT2D eigenvalue weighted by Gasteiger charge is -2.08. The summed E-state index contributed by atoms with van der Waals surface area (Å²) in [5.41, 5.74) is 0.444. The second kappa shape index (κ2) is 6.23. The average Bonchev–Trinajstić information content (AvgIpc) is 2.26. The van der Waals surface area contributed by atoms with Gasteiger partial charge in [0.15, 0.2) is 0 Å². The predicted molar refractivity (Wildman–Crippen MR) is 67.2 cm³/mol. The second-order valence-corrected chi connectivity index (χ2v) is 4.89. The number of nitrogens with one attached hydrogen (secondary N) is 1. The lowest BCUT2D eigenvalue weighted by molar-refractivity contribution is 0.0944. The fourth-order valence-electron chi connectivity index (χ4n) is 0.922. The Morgan fingerprint density at radius 2 is 2.33 bits per heavy atom. The number of hydrogen-bond acceptors (Lipinski definition) is 2. The van der Waals surface area contributed by atoms with Crippen LogP contribution in [0.4, 0.5) is 0 Å². The van der Waals surface area contributed by atoms with Gasteiger partial charge in [0.1, 0.15) is 5.69 Å². The number of hydrogen-bond donors (Lipinski definition) is 1. The van der Waals surface area contributed by atoms with Gasteiger partial charge in [-0.15, -0.1) is 0 Å². The van der Waals surface area contributed by atoms with Crippen LogP contribution in [-0.2, 0) is 0 Å². The van der Waals surface area contributed by atoms with E-state index in [0.717, 1.165) is 9.80 Å². The lowest BCUT2D eigenvalue weighted by Crippen LogP contribution is -2.29. The molecule has 1 unspecified atom stereocenters. The van der Waals surface area contributed by atoms with Gasteiger partial charge in [0, 0.05) is 22.5 Å². The van der Waals surface area contributed by atoms with Crippen LogP contribution in [0.5, 0.6) is 0 Å². The molecule has 82 valence electrons. The number of amides is 1. The normalized spacial score (nSPS) is 12.2. The first-order chi connectivity index (χ1) is 7.13. The van der Waals surface area contributed by atoms with E-state index in [9.17, 15) is 4.79 Å². The van der Waals surface area contributed by atoms with Crippen molar-refractivity contribution in [1.82, 2.24) is 10.3 Å². The number of carbonyl (C=O) groups excluding carboxylic acids is 1. The highest BCUT2D eigenvalue weighted by Gasteiger charge is 2.07. The third-order valence-corrected chi connectivity index (χ3v) is 3.41. The molecule has 0 radical (unpaired) electrons. The van der Waals surface area contributed by atoms with Crippen molar-refractivity contribution >= 4 is 37.8 Å². The van der Waals surface area contributed by atoms with E-state index >= 15 is 0 Å². The predicted octanol–water partition coefficient (Wildman–Crippen LogP) is 2.60. The van der Waals surface area contributed by atoms with E-state index in [2.05, 4.69) is 49.1 Å². The van der Waals surface area contributed by atoms with Gasteiger partial charge >= 0.3 is 0 Å². The van der Waals surface area contributed by atoms with Crippen molar-refractivity contribution in [3.05, 3.63) is 28.5 Å². The Labute approximate surface area is 106 Å². The average molecular weight is 336 g/mol. The summed E-state index contributed by atoms with van der Waals surface area (Å²) in [6.07, 6.45) is 1.61. The zero-order chi connectivity index (χ0) is 11.3. The van der Waals surface area contributed by atoms with Crippen molar-refractivity contribution in [2.75, 3.05) is 11.9 Å². The minimum absolute atomic E-state index is 0.129. The Balaban J connectivity index is 2.50. The molecule has 1 amide bonds. The van der Waals surface area contributed by atoms with Gasteiger partial charge < -0.3 is 5.32 Å². The molecule has 0 saturated heterocycles. The zero-order valence-corrected chi connectivity index (χ0v) is 11.5. The smallest absolute Gasteiger partial charge is 0.269 e. The Hall–Kier alpha value is -0.420. The Morgan fingerprint density at radius 3 is 2.87 bits per heavy atom. The van der Waals surface area contributed by atoms with Gasteiger partial charge in [-0.2, -0.15) is 0 Å². The van der Waals surface area contributed by atoms with Crippen LogP contribution in [0.2, 0.25) is 0 Å². The van der Waals surface area contributed by atoms with Crippen LogP contribution in [0.25, 0.3) is 0 Å². The molecule has 1 heterocycles. The summed E-state index contributed by atoms with van der Waals surface area (Å²) < 4.78 is 0.868. The van der Waals surface area contributed by atoms with Crippen LogP contribution < -0.4 is 5.32 Å². The molecule has 0 aromatic carbocycles. The molecule has 1 atom stereocenters. The molecule has 0 aliphatic carbocycles. The molecule has 1 aromatic heterocycles. The maximum absolute atomic E-state index is 11.6. The van der Waals surface area contributed by atoms with Crippen molar-refractivity contribution in [3.8, 4) is 0 Å². The number of halogens is 2. The number of alkyl halides is 1. The van der Waals surface area contributed by atoms with Crippen molar-refractivity contribution in [2.45, 2.75) is 6.92 Å². The van der Waals surface area contributed by atoms with E-state index < -0.39 is 0 Å². The highest BCUT2D eigenvalue weighted by Crippen LogP contribution is 2.07. The van der Waals surface area contributed by atoms with E-state index in [1.165, 1.54) is 0 Å². The highest BCUT2D eigenvalue weighted by molar-refractivity contribution is 9.10. The van der Waals surface area contributed by atoms with E-state index in [1.54, 1.807) is 18.3 Å².